The molecule has 0 aliphatic carbocycles. The van der Waals surface area contributed by atoms with Crippen LogP contribution in [-0.4, -0.2) is 42.2 Å². The Hall–Kier alpha value is -1.78. The van der Waals surface area contributed by atoms with Gasteiger partial charge in [-0.25, -0.2) is 0 Å². The zero-order valence-electron chi connectivity index (χ0n) is 15.2. The van der Waals surface area contributed by atoms with E-state index in [1.54, 1.807) is 11.8 Å². The molecule has 0 saturated carbocycles. The molecular weight excluding hydrogens is 342 g/mol. The smallest absolute Gasteiger partial charge is 0.164 e. The van der Waals surface area contributed by atoms with Gasteiger partial charge in [0.25, 0.3) is 0 Å². The van der Waals surface area contributed by atoms with E-state index in [1.807, 2.05) is 18.2 Å². The Morgan fingerprint density at radius 1 is 1.27 bits per heavy atom. The Labute approximate surface area is 159 Å². The van der Waals surface area contributed by atoms with E-state index in [-0.39, 0.29) is 11.8 Å². The van der Waals surface area contributed by atoms with Gasteiger partial charge in [-0.2, -0.15) is 0 Å². The van der Waals surface area contributed by atoms with E-state index in [0.29, 0.717) is 12.3 Å². The number of rotatable bonds is 5. The minimum Gasteiger partial charge on any atom is -0.492 e. The topological polar surface area (TPSA) is 29.5 Å². The summed E-state index contributed by atoms with van der Waals surface area (Å²) in [5, 5.41) is 0. The zero-order chi connectivity index (χ0) is 17.9. The molecule has 0 aromatic heterocycles. The lowest BCUT2D eigenvalue weighted by Gasteiger charge is -2.24. The number of carbonyl (C=O) groups is 1. The van der Waals surface area contributed by atoms with Gasteiger partial charge in [0.15, 0.2) is 5.78 Å². The summed E-state index contributed by atoms with van der Waals surface area (Å²) in [7, 11) is 0. The van der Waals surface area contributed by atoms with Crippen LogP contribution in [0.3, 0.4) is 0 Å². The zero-order valence-corrected chi connectivity index (χ0v) is 16.0. The average molecular weight is 368 g/mol. The standard InChI is InChI=1S/C22H25NO2S/c1-16(23-10-9-19(15-23)17-5-3-2-4-6-17)13-20(24)18-7-8-22-21(14-18)25-11-12-26-22/h2-8,14,16,19H,9-13,15H2,1H3. The second-order valence-electron chi connectivity index (χ2n) is 7.23. The number of nitrogens with zero attached hydrogens (tertiary/aromatic N) is 1. The number of likely N-dealkylation sites (tertiary alicyclic amines) is 1. The Morgan fingerprint density at radius 3 is 2.96 bits per heavy atom. The van der Waals surface area contributed by atoms with Gasteiger partial charge in [-0.05, 0) is 43.5 Å². The van der Waals surface area contributed by atoms with E-state index in [0.717, 1.165) is 41.7 Å². The van der Waals surface area contributed by atoms with Gasteiger partial charge >= 0.3 is 0 Å². The van der Waals surface area contributed by atoms with Crippen molar-refractivity contribution in [2.45, 2.75) is 36.6 Å². The van der Waals surface area contributed by atoms with Gasteiger partial charge in [-0.1, -0.05) is 36.4 Å². The molecule has 4 rings (SSSR count). The summed E-state index contributed by atoms with van der Waals surface area (Å²) in [4.78, 5) is 16.4. The maximum absolute atomic E-state index is 12.8. The highest BCUT2D eigenvalue weighted by molar-refractivity contribution is 7.99. The maximum atomic E-state index is 12.8. The quantitative estimate of drug-likeness (QED) is 0.721. The number of carbonyl (C=O) groups excluding carboxylic acids is 1. The molecule has 2 aromatic carbocycles. The highest BCUT2D eigenvalue weighted by atomic mass is 32.2. The fourth-order valence-electron chi connectivity index (χ4n) is 3.92. The van der Waals surface area contributed by atoms with Crippen molar-refractivity contribution in [2.75, 3.05) is 25.4 Å². The van der Waals surface area contributed by atoms with Crippen LogP contribution in [0.25, 0.3) is 0 Å². The highest BCUT2D eigenvalue weighted by Gasteiger charge is 2.28. The lowest BCUT2D eigenvalue weighted by Crippen LogP contribution is -2.32. The first-order chi connectivity index (χ1) is 12.7. The third-order valence-electron chi connectivity index (χ3n) is 5.46. The van der Waals surface area contributed by atoms with Gasteiger partial charge in [0, 0.05) is 35.2 Å². The molecule has 2 aliphatic rings. The van der Waals surface area contributed by atoms with E-state index < -0.39 is 0 Å². The number of Topliss-reactive ketones (excluding diaryl/α,β-unsaturated/α-hetero) is 1. The second kappa shape index (κ2) is 7.85. The van der Waals surface area contributed by atoms with E-state index in [1.165, 1.54) is 12.0 Å². The fourth-order valence-corrected chi connectivity index (χ4v) is 4.73. The largest absolute Gasteiger partial charge is 0.492 e. The third kappa shape index (κ3) is 3.81. The first kappa shape index (κ1) is 17.6. The molecule has 0 spiro atoms. The number of hydrogen-bond acceptors (Lipinski definition) is 4. The summed E-state index contributed by atoms with van der Waals surface area (Å²) in [6.45, 7) is 5.01. The fraction of sp³-hybridized carbons (Fsp3) is 0.409. The summed E-state index contributed by atoms with van der Waals surface area (Å²) in [5.41, 5.74) is 2.19. The second-order valence-corrected chi connectivity index (χ2v) is 8.36. The molecule has 0 N–H and O–H groups in total. The third-order valence-corrected chi connectivity index (χ3v) is 6.48. The molecule has 3 nitrogen and oxygen atoms in total. The van der Waals surface area contributed by atoms with Crippen molar-refractivity contribution in [3.05, 3.63) is 59.7 Å². The number of thioether (sulfide) groups is 1. The lowest BCUT2D eigenvalue weighted by atomic mass is 9.98. The predicted octanol–water partition coefficient (Wildman–Crippen LogP) is 4.62. The van der Waals surface area contributed by atoms with Crippen molar-refractivity contribution in [3.8, 4) is 5.75 Å². The van der Waals surface area contributed by atoms with E-state index in [2.05, 4.69) is 42.2 Å². The van der Waals surface area contributed by atoms with Crippen LogP contribution in [0.15, 0.2) is 53.4 Å². The van der Waals surface area contributed by atoms with Crippen molar-refractivity contribution < 1.29 is 9.53 Å². The first-order valence-corrected chi connectivity index (χ1v) is 10.4. The first-order valence-electron chi connectivity index (χ1n) is 9.42. The molecule has 0 bridgehead atoms. The van der Waals surface area contributed by atoms with Crippen molar-refractivity contribution in [3.63, 3.8) is 0 Å². The average Bonchev–Trinajstić information content (AvgIpc) is 3.18. The molecule has 2 unspecified atom stereocenters. The van der Waals surface area contributed by atoms with Gasteiger partial charge in [0.05, 0.1) is 6.61 Å². The van der Waals surface area contributed by atoms with Crippen molar-refractivity contribution >= 4 is 17.5 Å². The van der Waals surface area contributed by atoms with Crippen LogP contribution in [0.2, 0.25) is 0 Å². The Kier molecular flexibility index (Phi) is 5.32. The molecule has 2 atom stereocenters. The molecule has 1 fully saturated rings. The monoisotopic (exact) mass is 367 g/mol. The number of hydrogen-bond donors (Lipinski definition) is 0. The molecule has 26 heavy (non-hydrogen) atoms. The van der Waals surface area contributed by atoms with Crippen LogP contribution >= 0.6 is 11.8 Å². The summed E-state index contributed by atoms with van der Waals surface area (Å²) >= 11 is 1.80. The van der Waals surface area contributed by atoms with Crippen molar-refractivity contribution in [2.24, 2.45) is 0 Å². The van der Waals surface area contributed by atoms with Crippen LogP contribution in [0.5, 0.6) is 5.75 Å². The minimum absolute atomic E-state index is 0.211. The van der Waals surface area contributed by atoms with E-state index in [9.17, 15) is 4.79 Å². The minimum atomic E-state index is 0.211. The number of ether oxygens (including phenoxy) is 1. The van der Waals surface area contributed by atoms with Gasteiger partial charge in [0.2, 0.25) is 0 Å². The normalized spacial score (nSPS) is 21.0. The van der Waals surface area contributed by atoms with Gasteiger partial charge in [0.1, 0.15) is 5.75 Å². The summed E-state index contributed by atoms with van der Waals surface area (Å²) in [6, 6.07) is 16.9. The Morgan fingerprint density at radius 2 is 2.12 bits per heavy atom. The number of benzene rings is 2. The van der Waals surface area contributed by atoms with Crippen LogP contribution in [0.1, 0.15) is 41.6 Å². The lowest BCUT2D eigenvalue weighted by molar-refractivity contribution is 0.0940. The Balaban J connectivity index is 1.37. The number of ketones is 1. The summed E-state index contributed by atoms with van der Waals surface area (Å²) in [5.74, 6) is 2.64. The van der Waals surface area contributed by atoms with Crippen molar-refractivity contribution in [1.29, 1.82) is 0 Å². The van der Waals surface area contributed by atoms with Crippen LogP contribution < -0.4 is 4.74 Å². The van der Waals surface area contributed by atoms with Crippen LogP contribution in [0.4, 0.5) is 0 Å². The molecule has 2 aliphatic heterocycles. The SMILES string of the molecule is CC(CC(=O)c1ccc2c(c1)OCCS2)N1CCC(c2ccccc2)C1. The molecule has 0 amide bonds. The predicted molar refractivity (Wildman–Crippen MR) is 106 cm³/mol. The maximum Gasteiger partial charge on any atom is 0.164 e. The highest BCUT2D eigenvalue weighted by Crippen LogP contribution is 2.34. The Bertz CT molecular complexity index is 777. The number of fused-ring (bicyclic) bond motifs is 1. The molecule has 136 valence electrons. The van der Waals surface area contributed by atoms with Crippen LogP contribution in [0, 0.1) is 0 Å². The molecule has 2 heterocycles. The van der Waals surface area contributed by atoms with Gasteiger partial charge < -0.3 is 4.74 Å². The molecular formula is C22H25NO2S. The molecule has 0 radical (unpaired) electrons. The van der Waals surface area contributed by atoms with Crippen LogP contribution in [-0.2, 0) is 0 Å². The van der Waals surface area contributed by atoms with E-state index >= 15 is 0 Å². The summed E-state index contributed by atoms with van der Waals surface area (Å²) < 4.78 is 5.70. The molecule has 2 aromatic rings. The molecule has 1 saturated heterocycles. The summed E-state index contributed by atoms with van der Waals surface area (Å²) in [6.07, 6.45) is 1.74. The van der Waals surface area contributed by atoms with E-state index in [4.69, 9.17) is 4.74 Å². The van der Waals surface area contributed by atoms with Crippen molar-refractivity contribution in [1.82, 2.24) is 4.90 Å². The van der Waals surface area contributed by atoms with Gasteiger partial charge in [-0.3, -0.25) is 9.69 Å². The van der Waals surface area contributed by atoms with Gasteiger partial charge in [-0.15, -0.1) is 11.8 Å². The molecule has 4 heteroatoms.